The van der Waals surface area contributed by atoms with Crippen molar-refractivity contribution in [1.82, 2.24) is 0 Å². The summed E-state index contributed by atoms with van der Waals surface area (Å²) in [5.41, 5.74) is 1.86. The van der Waals surface area contributed by atoms with Gasteiger partial charge in [0.15, 0.2) is 6.29 Å². The van der Waals surface area contributed by atoms with E-state index in [9.17, 15) is 9.18 Å². The second-order valence-electron chi connectivity index (χ2n) is 3.38. The number of carbonyl (C=O) groups excluding carboxylic acids is 1. The first-order valence-corrected chi connectivity index (χ1v) is 4.64. The minimum absolute atomic E-state index is 0.0624. The molecule has 0 amide bonds. The first-order valence-electron chi connectivity index (χ1n) is 4.64. The number of carbonyl (C=O) groups is 1. The quantitative estimate of drug-likeness (QED) is 0.711. The lowest BCUT2D eigenvalue weighted by atomic mass is 10.1. The van der Waals surface area contributed by atoms with E-state index >= 15 is 0 Å². The van der Waals surface area contributed by atoms with E-state index in [0.29, 0.717) is 12.0 Å². The lowest BCUT2D eigenvalue weighted by Gasteiger charge is -2.06. The number of rotatable bonds is 4. The zero-order valence-corrected chi connectivity index (χ0v) is 8.79. The fourth-order valence-corrected chi connectivity index (χ4v) is 1.19. The summed E-state index contributed by atoms with van der Waals surface area (Å²) in [5.74, 6) is 0.0186. The molecule has 3 heteroatoms. The van der Waals surface area contributed by atoms with Crippen molar-refractivity contribution in [3.63, 3.8) is 0 Å². The molecule has 0 fully saturated rings. The molecular weight excluding hydrogens is 195 g/mol. The molecule has 0 bridgehead atoms. The second-order valence-corrected chi connectivity index (χ2v) is 3.38. The Hall–Kier alpha value is -1.64. The van der Waals surface area contributed by atoms with Crippen LogP contribution in [-0.2, 0) is 4.79 Å². The highest BCUT2D eigenvalue weighted by Crippen LogP contribution is 2.22. The molecule has 0 aromatic heterocycles. The first kappa shape index (κ1) is 11.4. The highest BCUT2D eigenvalue weighted by Gasteiger charge is 2.02. The topological polar surface area (TPSA) is 26.3 Å². The van der Waals surface area contributed by atoms with E-state index in [4.69, 9.17) is 4.74 Å². The third-order valence-corrected chi connectivity index (χ3v) is 1.73. The van der Waals surface area contributed by atoms with Gasteiger partial charge in [0.1, 0.15) is 18.2 Å². The van der Waals surface area contributed by atoms with E-state index in [-0.39, 0.29) is 12.4 Å². The molecule has 0 heterocycles. The lowest BCUT2D eigenvalue weighted by Crippen LogP contribution is -1.99. The lowest BCUT2D eigenvalue weighted by molar-refractivity contribution is -0.109. The molecule has 0 aliphatic carbocycles. The van der Waals surface area contributed by atoms with Crippen molar-refractivity contribution in [3.8, 4) is 5.75 Å². The Balaban J connectivity index is 3.02. The third kappa shape index (κ3) is 3.54. The van der Waals surface area contributed by atoms with E-state index in [2.05, 4.69) is 0 Å². The number of allylic oxidation sites excluding steroid dienone is 1. The SMILES string of the molecule is CC(C)=Cc1ccc(F)cc1OCC=O. The van der Waals surface area contributed by atoms with Crippen LogP contribution >= 0.6 is 0 Å². The zero-order valence-electron chi connectivity index (χ0n) is 8.79. The Bertz CT molecular complexity index is 379. The van der Waals surface area contributed by atoms with Crippen LogP contribution in [0.15, 0.2) is 23.8 Å². The average Bonchev–Trinajstić information content (AvgIpc) is 2.18. The molecule has 0 saturated heterocycles. The molecule has 0 aliphatic heterocycles. The highest BCUT2D eigenvalue weighted by molar-refractivity contribution is 5.60. The van der Waals surface area contributed by atoms with Crippen molar-refractivity contribution in [1.29, 1.82) is 0 Å². The molecule has 0 aliphatic rings. The van der Waals surface area contributed by atoms with E-state index in [1.807, 2.05) is 19.9 Å². The molecule has 0 atom stereocenters. The number of benzene rings is 1. The molecule has 2 nitrogen and oxygen atoms in total. The minimum atomic E-state index is -0.373. The van der Waals surface area contributed by atoms with E-state index in [1.165, 1.54) is 12.1 Å². The van der Waals surface area contributed by atoms with Gasteiger partial charge in [0.05, 0.1) is 0 Å². The number of halogens is 1. The van der Waals surface area contributed by atoms with Crippen molar-refractivity contribution < 1.29 is 13.9 Å². The smallest absolute Gasteiger partial charge is 0.157 e. The van der Waals surface area contributed by atoms with Gasteiger partial charge < -0.3 is 4.74 Å². The fourth-order valence-electron chi connectivity index (χ4n) is 1.19. The Labute approximate surface area is 88.4 Å². The fraction of sp³-hybridized carbons (Fsp3) is 0.250. The summed E-state index contributed by atoms with van der Waals surface area (Å²) < 4.78 is 18.0. The van der Waals surface area contributed by atoms with Gasteiger partial charge in [-0.2, -0.15) is 0 Å². The third-order valence-electron chi connectivity index (χ3n) is 1.73. The van der Waals surface area contributed by atoms with E-state index in [0.717, 1.165) is 11.1 Å². The predicted octanol–water partition coefficient (Wildman–Crippen LogP) is 2.83. The minimum Gasteiger partial charge on any atom is -0.485 e. The predicted molar refractivity (Wildman–Crippen MR) is 57.3 cm³/mol. The van der Waals surface area contributed by atoms with Gasteiger partial charge in [0.25, 0.3) is 0 Å². The van der Waals surface area contributed by atoms with Crippen LogP contribution in [0.2, 0.25) is 0 Å². The van der Waals surface area contributed by atoms with Gasteiger partial charge in [0, 0.05) is 11.6 Å². The number of aldehydes is 1. The van der Waals surface area contributed by atoms with Crippen molar-refractivity contribution in [2.24, 2.45) is 0 Å². The van der Waals surface area contributed by atoms with E-state index < -0.39 is 0 Å². The molecule has 1 aromatic rings. The van der Waals surface area contributed by atoms with Gasteiger partial charge >= 0.3 is 0 Å². The van der Waals surface area contributed by atoms with Crippen molar-refractivity contribution in [2.75, 3.05) is 6.61 Å². The summed E-state index contributed by atoms with van der Waals surface area (Å²) in [7, 11) is 0. The summed E-state index contributed by atoms with van der Waals surface area (Å²) in [4.78, 5) is 10.2. The van der Waals surface area contributed by atoms with Gasteiger partial charge in [-0.15, -0.1) is 0 Å². The highest BCUT2D eigenvalue weighted by atomic mass is 19.1. The maximum absolute atomic E-state index is 12.9. The Kier molecular flexibility index (Phi) is 4.03. The van der Waals surface area contributed by atoms with Gasteiger partial charge in [-0.3, -0.25) is 4.79 Å². The van der Waals surface area contributed by atoms with Crippen LogP contribution in [0.4, 0.5) is 4.39 Å². The van der Waals surface area contributed by atoms with Crippen LogP contribution in [0.5, 0.6) is 5.75 Å². The first-order chi connectivity index (χ1) is 7.13. The molecule has 0 saturated carbocycles. The van der Waals surface area contributed by atoms with Crippen molar-refractivity contribution in [2.45, 2.75) is 13.8 Å². The van der Waals surface area contributed by atoms with E-state index in [1.54, 1.807) is 6.07 Å². The Morgan fingerprint density at radius 2 is 2.20 bits per heavy atom. The summed E-state index contributed by atoms with van der Waals surface area (Å²) in [6, 6.07) is 4.27. The second kappa shape index (κ2) is 5.29. The molecule has 0 radical (unpaired) electrons. The summed E-state index contributed by atoms with van der Waals surface area (Å²) >= 11 is 0. The van der Waals surface area contributed by atoms with Crippen LogP contribution in [-0.4, -0.2) is 12.9 Å². The summed E-state index contributed by atoms with van der Waals surface area (Å²) in [6.07, 6.45) is 2.51. The maximum atomic E-state index is 12.9. The molecule has 0 unspecified atom stereocenters. The van der Waals surface area contributed by atoms with Gasteiger partial charge in [-0.05, 0) is 26.0 Å². The molecule has 0 spiro atoms. The Morgan fingerprint density at radius 1 is 1.47 bits per heavy atom. The number of hydrogen-bond donors (Lipinski definition) is 0. The van der Waals surface area contributed by atoms with Crippen LogP contribution in [0.25, 0.3) is 6.08 Å². The largest absolute Gasteiger partial charge is 0.485 e. The van der Waals surface area contributed by atoms with Gasteiger partial charge in [0.2, 0.25) is 0 Å². The monoisotopic (exact) mass is 208 g/mol. The van der Waals surface area contributed by atoms with Gasteiger partial charge in [-0.25, -0.2) is 4.39 Å². The maximum Gasteiger partial charge on any atom is 0.157 e. The zero-order chi connectivity index (χ0) is 11.3. The molecule has 1 aromatic carbocycles. The number of ether oxygens (including phenoxy) is 1. The van der Waals surface area contributed by atoms with Crippen LogP contribution in [0.1, 0.15) is 19.4 Å². The molecule has 80 valence electrons. The van der Waals surface area contributed by atoms with Crippen molar-refractivity contribution >= 4 is 12.4 Å². The standard InChI is InChI=1S/C12H13FO2/c1-9(2)7-10-3-4-11(13)8-12(10)15-6-5-14/h3-5,7-8H,6H2,1-2H3. The van der Waals surface area contributed by atoms with Crippen LogP contribution in [0.3, 0.4) is 0 Å². The Morgan fingerprint density at radius 3 is 2.80 bits per heavy atom. The van der Waals surface area contributed by atoms with Crippen LogP contribution in [0, 0.1) is 5.82 Å². The average molecular weight is 208 g/mol. The molecular formula is C12H13FO2. The molecule has 0 N–H and O–H groups in total. The molecule has 1 rings (SSSR count). The number of hydrogen-bond acceptors (Lipinski definition) is 2. The summed E-state index contributed by atoms with van der Waals surface area (Å²) in [5, 5.41) is 0. The normalized spacial score (nSPS) is 9.53. The van der Waals surface area contributed by atoms with Crippen LogP contribution < -0.4 is 4.74 Å². The van der Waals surface area contributed by atoms with Crippen molar-refractivity contribution in [3.05, 3.63) is 35.2 Å². The molecule has 15 heavy (non-hydrogen) atoms. The summed E-state index contributed by atoms with van der Waals surface area (Å²) in [6.45, 7) is 3.81. The van der Waals surface area contributed by atoms with Gasteiger partial charge in [-0.1, -0.05) is 11.6 Å².